The zero-order valence-corrected chi connectivity index (χ0v) is 15.0. The Morgan fingerprint density at radius 2 is 2.04 bits per heavy atom. The number of amides is 1. The molecule has 134 valence electrons. The zero-order valence-electron chi connectivity index (χ0n) is 15.0. The maximum absolute atomic E-state index is 12.8. The number of nitrogens with zero attached hydrogens (tertiary/aromatic N) is 1. The molecule has 0 N–H and O–H groups in total. The standard InChI is InChI=1S/C19H29NO4/c1-22-12-6-8-16-7-4-5-11-20(16)19(21)13-15-9-10-17(23-2)14-18(15)24-3/h9-10,14,16H,4-8,11-13H2,1-3H3/t16-/m1/s1. The Morgan fingerprint density at radius 3 is 2.75 bits per heavy atom. The van der Waals surface area contributed by atoms with Crippen molar-refractivity contribution in [2.24, 2.45) is 0 Å². The molecule has 24 heavy (non-hydrogen) atoms. The van der Waals surface area contributed by atoms with Gasteiger partial charge in [0.1, 0.15) is 11.5 Å². The highest BCUT2D eigenvalue weighted by Gasteiger charge is 2.26. The summed E-state index contributed by atoms with van der Waals surface area (Å²) in [5, 5.41) is 0. The summed E-state index contributed by atoms with van der Waals surface area (Å²) in [6.07, 6.45) is 5.76. The molecule has 0 radical (unpaired) electrons. The third-order valence-electron chi connectivity index (χ3n) is 4.67. The molecule has 0 spiro atoms. The second kappa shape index (κ2) is 9.52. The SMILES string of the molecule is COCCC[C@H]1CCCCN1C(=O)Cc1ccc(OC)cc1OC. The summed E-state index contributed by atoms with van der Waals surface area (Å²) in [6, 6.07) is 5.96. The van der Waals surface area contributed by atoms with Crippen LogP contribution in [-0.2, 0) is 16.0 Å². The Hall–Kier alpha value is -1.75. The first-order valence-electron chi connectivity index (χ1n) is 8.69. The van der Waals surface area contributed by atoms with E-state index in [-0.39, 0.29) is 5.91 Å². The molecule has 1 saturated heterocycles. The topological polar surface area (TPSA) is 48.0 Å². The number of likely N-dealkylation sites (tertiary alicyclic amines) is 1. The van der Waals surface area contributed by atoms with Gasteiger partial charge in [0.15, 0.2) is 0 Å². The largest absolute Gasteiger partial charge is 0.497 e. The van der Waals surface area contributed by atoms with Gasteiger partial charge in [-0.05, 0) is 38.2 Å². The van der Waals surface area contributed by atoms with Crippen molar-refractivity contribution in [1.82, 2.24) is 4.90 Å². The van der Waals surface area contributed by atoms with Gasteiger partial charge in [0.25, 0.3) is 0 Å². The zero-order chi connectivity index (χ0) is 17.4. The molecule has 0 aliphatic carbocycles. The molecular weight excluding hydrogens is 306 g/mol. The smallest absolute Gasteiger partial charge is 0.227 e. The highest BCUT2D eigenvalue weighted by atomic mass is 16.5. The number of ether oxygens (including phenoxy) is 3. The first-order chi connectivity index (χ1) is 11.7. The van der Waals surface area contributed by atoms with Crippen molar-refractivity contribution in [3.63, 3.8) is 0 Å². The van der Waals surface area contributed by atoms with Gasteiger partial charge in [0, 0.05) is 37.9 Å². The molecule has 1 aromatic rings. The van der Waals surface area contributed by atoms with E-state index in [1.807, 2.05) is 18.2 Å². The minimum atomic E-state index is 0.181. The van der Waals surface area contributed by atoms with Crippen molar-refractivity contribution in [2.45, 2.75) is 44.6 Å². The summed E-state index contributed by atoms with van der Waals surface area (Å²) < 4.78 is 15.8. The Morgan fingerprint density at radius 1 is 1.21 bits per heavy atom. The van der Waals surface area contributed by atoms with E-state index in [9.17, 15) is 4.79 Å². The van der Waals surface area contributed by atoms with Crippen molar-refractivity contribution in [3.05, 3.63) is 23.8 Å². The number of benzene rings is 1. The lowest BCUT2D eigenvalue weighted by Gasteiger charge is -2.36. The van der Waals surface area contributed by atoms with Crippen LogP contribution in [0.1, 0.15) is 37.7 Å². The average Bonchev–Trinajstić information content (AvgIpc) is 2.62. The van der Waals surface area contributed by atoms with Gasteiger partial charge in [-0.1, -0.05) is 6.07 Å². The monoisotopic (exact) mass is 335 g/mol. The van der Waals surface area contributed by atoms with E-state index in [0.717, 1.165) is 50.1 Å². The Kier molecular flexibility index (Phi) is 7.37. The number of hydrogen-bond acceptors (Lipinski definition) is 4. The van der Waals surface area contributed by atoms with Gasteiger partial charge in [-0.15, -0.1) is 0 Å². The lowest BCUT2D eigenvalue weighted by Crippen LogP contribution is -2.44. The third-order valence-corrected chi connectivity index (χ3v) is 4.67. The van der Waals surface area contributed by atoms with Gasteiger partial charge in [-0.25, -0.2) is 0 Å². The minimum Gasteiger partial charge on any atom is -0.497 e. The molecule has 5 heteroatoms. The van der Waals surface area contributed by atoms with E-state index in [1.165, 1.54) is 6.42 Å². The first kappa shape index (κ1) is 18.6. The normalized spacial score (nSPS) is 17.6. The summed E-state index contributed by atoms with van der Waals surface area (Å²) >= 11 is 0. The fourth-order valence-electron chi connectivity index (χ4n) is 3.35. The number of methoxy groups -OCH3 is 3. The van der Waals surface area contributed by atoms with Gasteiger partial charge < -0.3 is 19.1 Å². The van der Waals surface area contributed by atoms with Crippen molar-refractivity contribution in [1.29, 1.82) is 0 Å². The van der Waals surface area contributed by atoms with Crippen LogP contribution in [0.3, 0.4) is 0 Å². The Balaban J connectivity index is 2.03. The molecular formula is C19H29NO4. The second-order valence-electron chi connectivity index (χ2n) is 6.23. The van der Waals surface area contributed by atoms with Gasteiger partial charge in [0.2, 0.25) is 5.91 Å². The average molecular weight is 335 g/mol. The molecule has 1 atom stereocenters. The van der Waals surface area contributed by atoms with E-state index in [0.29, 0.717) is 18.2 Å². The number of piperidine rings is 1. The lowest BCUT2D eigenvalue weighted by molar-refractivity contribution is -0.134. The highest BCUT2D eigenvalue weighted by Crippen LogP contribution is 2.27. The molecule has 1 amide bonds. The van der Waals surface area contributed by atoms with E-state index < -0.39 is 0 Å². The third kappa shape index (κ3) is 4.87. The number of carbonyl (C=O) groups excluding carboxylic acids is 1. The summed E-state index contributed by atoms with van der Waals surface area (Å²) in [6.45, 7) is 1.61. The summed E-state index contributed by atoms with van der Waals surface area (Å²) in [4.78, 5) is 14.9. The fraction of sp³-hybridized carbons (Fsp3) is 0.632. The molecule has 5 nitrogen and oxygen atoms in total. The van der Waals surface area contributed by atoms with Crippen molar-refractivity contribution in [2.75, 3.05) is 34.5 Å². The van der Waals surface area contributed by atoms with Crippen LogP contribution in [0.15, 0.2) is 18.2 Å². The van der Waals surface area contributed by atoms with E-state index in [1.54, 1.807) is 21.3 Å². The van der Waals surface area contributed by atoms with Crippen LogP contribution in [0.5, 0.6) is 11.5 Å². The molecule has 1 aromatic carbocycles. The number of rotatable bonds is 8. The summed E-state index contributed by atoms with van der Waals surface area (Å²) in [7, 11) is 4.97. The second-order valence-corrected chi connectivity index (χ2v) is 6.23. The summed E-state index contributed by atoms with van der Waals surface area (Å²) in [5.41, 5.74) is 0.907. The lowest BCUT2D eigenvalue weighted by atomic mass is 9.97. The Labute approximate surface area is 144 Å². The van der Waals surface area contributed by atoms with Crippen LogP contribution < -0.4 is 9.47 Å². The van der Waals surface area contributed by atoms with E-state index in [2.05, 4.69) is 4.90 Å². The van der Waals surface area contributed by atoms with E-state index >= 15 is 0 Å². The molecule has 1 aliphatic heterocycles. The van der Waals surface area contributed by atoms with Crippen LogP contribution in [0, 0.1) is 0 Å². The number of carbonyl (C=O) groups is 1. The fourth-order valence-corrected chi connectivity index (χ4v) is 3.35. The maximum Gasteiger partial charge on any atom is 0.227 e. The maximum atomic E-state index is 12.8. The van der Waals surface area contributed by atoms with Gasteiger partial charge >= 0.3 is 0 Å². The molecule has 1 fully saturated rings. The van der Waals surface area contributed by atoms with Crippen molar-refractivity contribution >= 4 is 5.91 Å². The van der Waals surface area contributed by atoms with Gasteiger partial charge in [0.05, 0.1) is 20.6 Å². The molecule has 1 aliphatic rings. The molecule has 0 aromatic heterocycles. The molecule has 0 saturated carbocycles. The van der Waals surface area contributed by atoms with Crippen LogP contribution in [0.4, 0.5) is 0 Å². The predicted molar refractivity (Wildman–Crippen MR) is 93.7 cm³/mol. The van der Waals surface area contributed by atoms with Crippen molar-refractivity contribution < 1.29 is 19.0 Å². The first-order valence-corrected chi connectivity index (χ1v) is 8.69. The van der Waals surface area contributed by atoms with Gasteiger partial charge in [-0.3, -0.25) is 4.79 Å². The molecule has 0 unspecified atom stereocenters. The highest BCUT2D eigenvalue weighted by molar-refractivity contribution is 5.80. The van der Waals surface area contributed by atoms with Crippen LogP contribution in [0.2, 0.25) is 0 Å². The number of hydrogen-bond donors (Lipinski definition) is 0. The quantitative estimate of drug-likeness (QED) is 0.685. The van der Waals surface area contributed by atoms with E-state index in [4.69, 9.17) is 14.2 Å². The van der Waals surface area contributed by atoms with Crippen LogP contribution >= 0.6 is 0 Å². The molecule has 1 heterocycles. The van der Waals surface area contributed by atoms with Crippen LogP contribution in [0.25, 0.3) is 0 Å². The summed E-state index contributed by atoms with van der Waals surface area (Å²) in [5.74, 6) is 1.62. The predicted octanol–water partition coefficient (Wildman–Crippen LogP) is 3.05. The molecule has 2 rings (SSSR count). The van der Waals surface area contributed by atoms with Crippen LogP contribution in [-0.4, -0.2) is 51.3 Å². The van der Waals surface area contributed by atoms with Crippen molar-refractivity contribution in [3.8, 4) is 11.5 Å². The Bertz CT molecular complexity index is 532. The molecule has 0 bridgehead atoms. The van der Waals surface area contributed by atoms with Gasteiger partial charge in [-0.2, -0.15) is 0 Å². The minimum absolute atomic E-state index is 0.181.